The number of rotatable bonds is 3. The predicted octanol–water partition coefficient (Wildman–Crippen LogP) is 1.51. The van der Waals surface area contributed by atoms with Crippen molar-refractivity contribution in [1.82, 2.24) is 24.8 Å². The van der Waals surface area contributed by atoms with Crippen LogP contribution in [0.25, 0.3) is 0 Å². The van der Waals surface area contributed by atoms with E-state index in [2.05, 4.69) is 15.3 Å². The molecule has 1 fully saturated rings. The maximum absolute atomic E-state index is 12.9. The maximum Gasteiger partial charge on any atom is 0.256 e. The lowest BCUT2D eigenvalue weighted by Crippen LogP contribution is -2.49. The number of halogens is 2. The summed E-state index contributed by atoms with van der Waals surface area (Å²) in [7, 11) is 5.81. The fraction of sp³-hybridized carbons (Fsp3) is 0.438. The molecule has 138 valence electrons. The Bertz CT molecular complexity index is 688. The van der Waals surface area contributed by atoms with Crippen molar-refractivity contribution < 1.29 is 4.79 Å². The van der Waals surface area contributed by atoms with E-state index >= 15 is 0 Å². The molecule has 0 saturated carbocycles. The molecular formula is C16H24Cl2N6O. The van der Waals surface area contributed by atoms with Crippen molar-refractivity contribution in [2.24, 2.45) is 7.05 Å². The minimum absolute atomic E-state index is 0. The summed E-state index contributed by atoms with van der Waals surface area (Å²) in [5, 5.41) is 3.34. The van der Waals surface area contributed by atoms with E-state index in [1.165, 1.54) is 0 Å². The van der Waals surface area contributed by atoms with Gasteiger partial charge < -0.3 is 19.7 Å². The Morgan fingerprint density at radius 2 is 2.04 bits per heavy atom. The molecule has 1 aliphatic rings. The summed E-state index contributed by atoms with van der Waals surface area (Å²) in [6.45, 7) is 2.15. The molecule has 0 bridgehead atoms. The van der Waals surface area contributed by atoms with Gasteiger partial charge in [0.2, 0.25) is 0 Å². The molecule has 3 heterocycles. The summed E-state index contributed by atoms with van der Waals surface area (Å²) < 4.78 is 1.96. The Morgan fingerprint density at radius 1 is 1.28 bits per heavy atom. The van der Waals surface area contributed by atoms with Crippen molar-refractivity contribution in [2.75, 3.05) is 38.6 Å². The Morgan fingerprint density at radius 3 is 2.60 bits per heavy atom. The standard InChI is InChI=1S/C16H22N6O.2ClH/c1-20(2)14-5-4-12(10-19-14)16(23)22-9-6-17-11-13(22)15-18-7-8-21(15)3;;/h4-5,7-8,10,13,17H,6,9,11H2,1-3H3;2*1H. The number of piperazine rings is 1. The molecule has 2 aromatic rings. The van der Waals surface area contributed by atoms with Crippen LogP contribution in [-0.4, -0.2) is 59.1 Å². The predicted molar refractivity (Wildman–Crippen MR) is 103 cm³/mol. The second kappa shape index (κ2) is 9.03. The Kier molecular flexibility index (Phi) is 7.66. The zero-order chi connectivity index (χ0) is 16.4. The lowest BCUT2D eigenvalue weighted by molar-refractivity contribution is 0.0620. The van der Waals surface area contributed by atoms with Gasteiger partial charge in [0.15, 0.2) is 0 Å². The molecule has 1 atom stereocenters. The van der Waals surface area contributed by atoms with Crippen molar-refractivity contribution >= 4 is 36.5 Å². The first-order chi connectivity index (χ1) is 11.1. The molecule has 0 aromatic carbocycles. The molecule has 2 aromatic heterocycles. The Balaban J connectivity index is 0.00000156. The van der Waals surface area contributed by atoms with E-state index in [1.807, 2.05) is 53.8 Å². The van der Waals surface area contributed by atoms with E-state index in [0.29, 0.717) is 18.7 Å². The van der Waals surface area contributed by atoms with Crippen LogP contribution in [0.15, 0.2) is 30.7 Å². The van der Waals surface area contributed by atoms with Gasteiger partial charge in [-0.1, -0.05) is 0 Å². The summed E-state index contributed by atoms with van der Waals surface area (Å²) in [6, 6.07) is 3.64. The zero-order valence-electron chi connectivity index (χ0n) is 14.5. The third-order valence-electron chi connectivity index (χ3n) is 4.11. The molecule has 1 amide bonds. The van der Waals surface area contributed by atoms with Crippen molar-refractivity contribution in [3.8, 4) is 0 Å². The van der Waals surface area contributed by atoms with Gasteiger partial charge in [0.05, 0.1) is 5.56 Å². The number of aromatic nitrogens is 3. The fourth-order valence-corrected chi connectivity index (χ4v) is 2.82. The van der Waals surface area contributed by atoms with Crippen LogP contribution in [0.5, 0.6) is 0 Å². The molecule has 0 spiro atoms. The smallest absolute Gasteiger partial charge is 0.256 e. The maximum atomic E-state index is 12.9. The summed E-state index contributed by atoms with van der Waals surface area (Å²) >= 11 is 0. The first-order valence-corrected chi connectivity index (χ1v) is 7.70. The number of hydrogen-bond acceptors (Lipinski definition) is 5. The molecule has 0 radical (unpaired) electrons. The van der Waals surface area contributed by atoms with Gasteiger partial charge in [0.25, 0.3) is 5.91 Å². The van der Waals surface area contributed by atoms with Gasteiger partial charge in [-0.3, -0.25) is 4.79 Å². The van der Waals surface area contributed by atoms with E-state index in [-0.39, 0.29) is 36.8 Å². The number of carbonyl (C=O) groups excluding carboxylic acids is 1. The third-order valence-corrected chi connectivity index (χ3v) is 4.11. The van der Waals surface area contributed by atoms with Crippen LogP contribution in [0.4, 0.5) is 5.82 Å². The highest BCUT2D eigenvalue weighted by atomic mass is 35.5. The van der Waals surface area contributed by atoms with Crippen LogP contribution in [0, 0.1) is 0 Å². The van der Waals surface area contributed by atoms with E-state index in [4.69, 9.17) is 0 Å². The molecule has 7 nitrogen and oxygen atoms in total. The van der Waals surface area contributed by atoms with Crippen molar-refractivity contribution in [1.29, 1.82) is 0 Å². The van der Waals surface area contributed by atoms with Crippen molar-refractivity contribution in [3.63, 3.8) is 0 Å². The van der Waals surface area contributed by atoms with Crippen LogP contribution in [0.3, 0.4) is 0 Å². The van der Waals surface area contributed by atoms with Crippen LogP contribution >= 0.6 is 24.8 Å². The van der Waals surface area contributed by atoms with Crippen molar-refractivity contribution in [2.45, 2.75) is 6.04 Å². The fourth-order valence-electron chi connectivity index (χ4n) is 2.82. The highest BCUT2D eigenvalue weighted by Crippen LogP contribution is 2.23. The second-order valence-corrected chi connectivity index (χ2v) is 5.91. The van der Waals surface area contributed by atoms with Gasteiger partial charge in [-0.25, -0.2) is 9.97 Å². The monoisotopic (exact) mass is 386 g/mol. The average molecular weight is 387 g/mol. The molecule has 3 rings (SSSR count). The van der Waals surface area contributed by atoms with E-state index in [9.17, 15) is 4.79 Å². The number of nitrogens with one attached hydrogen (secondary N) is 1. The number of carbonyl (C=O) groups is 1. The number of anilines is 1. The van der Waals surface area contributed by atoms with E-state index in [1.54, 1.807) is 12.4 Å². The number of aryl methyl sites for hydroxylation is 1. The Hall–Kier alpha value is -1.83. The molecule has 1 N–H and O–H groups in total. The molecule has 1 aliphatic heterocycles. The number of pyridine rings is 1. The first kappa shape index (κ1) is 21.2. The summed E-state index contributed by atoms with van der Waals surface area (Å²) in [6.07, 6.45) is 5.31. The normalized spacial score (nSPS) is 16.6. The third kappa shape index (κ3) is 4.42. The molecular weight excluding hydrogens is 363 g/mol. The van der Waals surface area contributed by atoms with Gasteiger partial charge >= 0.3 is 0 Å². The van der Waals surface area contributed by atoms with E-state index in [0.717, 1.165) is 18.2 Å². The Labute approximate surface area is 160 Å². The van der Waals surface area contributed by atoms with Crippen LogP contribution < -0.4 is 10.2 Å². The van der Waals surface area contributed by atoms with Gasteiger partial charge in [0, 0.05) is 59.4 Å². The number of hydrogen-bond donors (Lipinski definition) is 1. The first-order valence-electron chi connectivity index (χ1n) is 7.70. The molecule has 1 unspecified atom stereocenters. The zero-order valence-corrected chi connectivity index (χ0v) is 16.2. The quantitative estimate of drug-likeness (QED) is 0.865. The SMILES string of the molecule is CN(C)c1ccc(C(=O)N2CCNCC2c2nccn2C)cn1.Cl.Cl. The number of nitrogens with zero attached hydrogens (tertiary/aromatic N) is 5. The highest BCUT2D eigenvalue weighted by molar-refractivity contribution is 5.94. The van der Waals surface area contributed by atoms with Crippen LogP contribution in [0.1, 0.15) is 22.2 Å². The topological polar surface area (TPSA) is 66.3 Å². The molecule has 25 heavy (non-hydrogen) atoms. The van der Waals surface area contributed by atoms with Gasteiger partial charge in [0.1, 0.15) is 17.7 Å². The van der Waals surface area contributed by atoms with Gasteiger partial charge in [-0.2, -0.15) is 0 Å². The minimum atomic E-state index is -0.0650. The number of imidazole rings is 1. The van der Waals surface area contributed by atoms with Crippen LogP contribution in [-0.2, 0) is 7.05 Å². The molecule has 0 aliphatic carbocycles. The van der Waals surface area contributed by atoms with Crippen LogP contribution in [0.2, 0.25) is 0 Å². The largest absolute Gasteiger partial charge is 0.363 e. The number of amides is 1. The lowest BCUT2D eigenvalue weighted by atomic mass is 10.1. The lowest BCUT2D eigenvalue weighted by Gasteiger charge is -2.35. The van der Waals surface area contributed by atoms with Gasteiger partial charge in [-0.05, 0) is 12.1 Å². The minimum Gasteiger partial charge on any atom is -0.363 e. The molecule has 1 saturated heterocycles. The average Bonchev–Trinajstić information content (AvgIpc) is 3.00. The molecule has 9 heteroatoms. The summed E-state index contributed by atoms with van der Waals surface area (Å²) in [4.78, 5) is 25.4. The summed E-state index contributed by atoms with van der Waals surface area (Å²) in [5.74, 6) is 1.73. The van der Waals surface area contributed by atoms with Crippen molar-refractivity contribution in [3.05, 3.63) is 42.1 Å². The summed E-state index contributed by atoms with van der Waals surface area (Å²) in [5.41, 5.74) is 0.608. The highest BCUT2D eigenvalue weighted by Gasteiger charge is 2.31. The second-order valence-electron chi connectivity index (χ2n) is 5.91. The van der Waals surface area contributed by atoms with Gasteiger partial charge in [-0.15, -0.1) is 24.8 Å². The van der Waals surface area contributed by atoms with E-state index < -0.39 is 0 Å².